The first-order valence-electron chi connectivity index (χ1n) is 11.3. The van der Waals surface area contributed by atoms with E-state index in [1.165, 1.54) is 41.4 Å². The number of benzene rings is 1. The van der Waals surface area contributed by atoms with Gasteiger partial charge >= 0.3 is 0 Å². The number of hydrogen-bond donors (Lipinski definition) is 2. The normalized spacial score (nSPS) is 13.4. The molecule has 3 rings (SSSR count). The Labute approximate surface area is 214 Å². The summed E-state index contributed by atoms with van der Waals surface area (Å²) in [6, 6.07) is 8.01. The van der Waals surface area contributed by atoms with Gasteiger partial charge in [0.05, 0.1) is 27.8 Å². The molecule has 2 aromatic heterocycles. The number of hydrogen-bond acceptors (Lipinski definition) is 8. The highest BCUT2D eigenvalue weighted by Gasteiger charge is 2.18. The van der Waals surface area contributed by atoms with Crippen LogP contribution < -0.4 is 15.5 Å². The van der Waals surface area contributed by atoms with E-state index in [0.717, 1.165) is 0 Å². The lowest BCUT2D eigenvalue weighted by Gasteiger charge is -2.15. The van der Waals surface area contributed by atoms with Crippen molar-refractivity contribution in [3.05, 3.63) is 89.7 Å². The van der Waals surface area contributed by atoms with Crippen LogP contribution in [0.3, 0.4) is 0 Å². The Bertz CT molecular complexity index is 1470. The third-order valence-electron chi connectivity index (χ3n) is 4.91. The van der Waals surface area contributed by atoms with Crippen LogP contribution in [0.2, 0.25) is 0 Å². The van der Waals surface area contributed by atoms with Gasteiger partial charge in [-0.05, 0) is 45.1 Å². The van der Waals surface area contributed by atoms with E-state index in [2.05, 4.69) is 37.3 Å². The fraction of sp³-hybridized carbons (Fsp3) is 0.200. The highest BCUT2D eigenvalue weighted by molar-refractivity contribution is 7.95. The highest BCUT2D eigenvalue weighted by Crippen LogP contribution is 2.24. The summed E-state index contributed by atoms with van der Waals surface area (Å²) in [5.74, 6) is 0.347. The van der Waals surface area contributed by atoms with Gasteiger partial charge in [-0.15, -0.1) is 0 Å². The van der Waals surface area contributed by atoms with Crippen molar-refractivity contribution in [3.63, 3.8) is 0 Å². The van der Waals surface area contributed by atoms with E-state index < -0.39 is 9.84 Å². The standard InChI is InChI=1S/C25H28FN7O3S/c1-5-21(37(34,35)22-9-7-6-8-10-22)12-11-20(13-26)28-16-29-25-24(36-18(2)3)23(19-14-31-32-15-19)30-17-33(25)27-4/h5-15,17-18,28H,4,16H2,1-3H3,(H,31,32)/b12-11-,20-13-,21-5+,29-25-. The molecular weight excluding hydrogens is 497 g/mol. The number of ether oxygens (including phenoxy) is 1. The highest BCUT2D eigenvalue weighted by atomic mass is 32.2. The molecule has 12 heteroatoms. The summed E-state index contributed by atoms with van der Waals surface area (Å²) >= 11 is 0. The van der Waals surface area contributed by atoms with E-state index in [1.54, 1.807) is 37.5 Å². The first-order valence-corrected chi connectivity index (χ1v) is 12.7. The summed E-state index contributed by atoms with van der Waals surface area (Å²) in [6.45, 7) is 8.77. The minimum atomic E-state index is -3.75. The minimum absolute atomic E-state index is 0.0138. The number of aromatic nitrogens is 4. The lowest BCUT2D eigenvalue weighted by molar-refractivity contribution is 0.236. The van der Waals surface area contributed by atoms with E-state index in [4.69, 9.17) is 4.74 Å². The van der Waals surface area contributed by atoms with E-state index in [9.17, 15) is 12.8 Å². The Hall–Kier alpha value is -4.32. The number of H-pyrrole nitrogens is 1. The number of aromatic amines is 1. The predicted octanol–water partition coefficient (Wildman–Crippen LogP) is 3.72. The zero-order valence-corrected chi connectivity index (χ0v) is 21.5. The molecule has 0 bridgehead atoms. The molecule has 0 saturated carbocycles. The van der Waals surface area contributed by atoms with Gasteiger partial charge in [-0.1, -0.05) is 24.3 Å². The lowest BCUT2D eigenvalue weighted by atomic mass is 10.2. The van der Waals surface area contributed by atoms with Crippen molar-refractivity contribution in [2.24, 2.45) is 10.1 Å². The quantitative estimate of drug-likeness (QED) is 0.290. The maximum absolute atomic E-state index is 13.6. The van der Waals surface area contributed by atoms with Crippen LogP contribution in [0, 0.1) is 0 Å². The van der Waals surface area contributed by atoms with Gasteiger partial charge in [0, 0.05) is 18.5 Å². The molecule has 2 heterocycles. The molecule has 10 nitrogen and oxygen atoms in total. The maximum atomic E-state index is 13.6. The number of rotatable bonds is 11. The second-order valence-electron chi connectivity index (χ2n) is 7.78. The molecule has 37 heavy (non-hydrogen) atoms. The summed E-state index contributed by atoms with van der Waals surface area (Å²) in [6.07, 6.45) is 8.90. The molecule has 0 fully saturated rings. The molecule has 3 aromatic rings. The zero-order valence-electron chi connectivity index (χ0n) is 20.7. The van der Waals surface area contributed by atoms with Gasteiger partial charge in [-0.3, -0.25) is 5.10 Å². The van der Waals surface area contributed by atoms with Crippen molar-refractivity contribution in [3.8, 4) is 17.0 Å². The van der Waals surface area contributed by atoms with Crippen molar-refractivity contribution < 1.29 is 17.5 Å². The maximum Gasteiger partial charge on any atom is 0.206 e. The van der Waals surface area contributed by atoms with Gasteiger partial charge in [-0.2, -0.15) is 10.2 Å². The van der Waals surface area contributed by atoms with Crippen molar-refractivity contribution in [1.29, 1.82) is 0 Å². The van der Waals surface area contributed by atoms with Crippen LogP contribution in [-0.2, 0) is 9.84 Å². The Kier molecular flexibility index (Phi) is 9.27. The van der Waals surface area contributed by atoms with Crippen LogP contribution in [0.4, 0.5) is 4.39 Å². The molecule has 0 spiro atoms. The second-order valence-corrected chi connectivity index (χ2v) is 9.73. The van der Waals surface area contributed by atoms with Crippen LogP contribution in [0.25, 0.3) is 11.3 Å². The number of nitrogens with one attached hydrogen (secondary N) is 2. The molecular formula is C25H28FN7O3S. The smallest absolute Gasteiger partial charge is 0.206 e. The van der Waals surface area contributed by atoms with Crippen LogP contribution in [-0.4, -0.2) is 47.8 Å². The van der Waals surface area contributed by atoms with E-state index >= 15 is 0 Å². The van der Waals surface area contributed by atoms with Crippen LogP contribution in [0.1, 0.15) is 20.8 Å². The molecule has 0 aliphatic carbocycles. The summed E-state index contributed by atoms with van der Waals surface area (Å²) in [4.78, 5) is 9.04. The van der Waals surface area contributed by atoms with Gasteiger partial charge < -0.3 is 10.1 Å². The first-order chi connectivity index (χ1) is 17.8. The minimum Gasteiger partial charge on any atom is -0.485 e. The Morgan fingerprint density at radius 2 is 2.05 bits per heavy atom. The molecule has 2 N–H and O–H groups in total. The second kappa shape index (κ2) is 12.6. The van der Waals surface area contributed by atoms with E-state index in [-0.39, 0.29) is 28.3 Å². The Morgan fingerprint density at radius 3 is 2.65 bits per heavy atom. The van der Waals surface area contributed by atoms with E-state index in [0.29, 0.717) is 28.8 Å². The summed E-state index contributed by atoms with van der Waals surface area (Å²) in [7, 11) is -3.75. The molecule has 194 valence electrons. The molecule has 0 atom stereocenters. The van der Waals surface area contributed by atoms with Crippen molar-refractivity contribution in [2.45, 2.75) is 31.8 Å². The van der Waals surface area contributed by atoms with Crippen molar-refractivity contribution in [2.75, 3.05) is 6.67 Å². The molecule has 0 saturated heterocycles. The molecule has 1 aromatic carbocycles. The third-order valence-corrected chi connectivity index (χ3v) is 6.80. The van der Waals surface area contributed by atoms with E-state index in [1.807, 2.05) is 13.8 Å². The van der Waals surface area contributed by atoms with Gasteiger partial charge in [0.1, 0.15) is 25.0 Å². The summed E-state index contributed by atoms with van der Waals surface area (Å²) < 4.78 is 46.7. The first kappa shape index (κ1) is 27.3. The number of halogens is 1. The topological polar surface area (TPSA) is 127 Å². The number of allylic oxidation sites excluding steroid dienone is 3. The Balaban J connectivity index is 1.88. The van der Waals surface area contributed by atoms with Gasteiger partial charge in [0.2, 0.25) is 9.84 Å². The Morgan fingerprint density at radius 1 is 1.30 bits per heavy atom. The molecule has 0 aliphatic rings. The molecule has 0 radical (unpaired) electrons. The monoisotopic (exact) mass is 525 g/mol. The van der Waals surface area contributed by atoms with Crippen molar-refractivity contribution >= 4 is 16.6 Å². The van der Waals surface area contributed by atoms with Gasteiger partial charge in [0.25, 0.3) is 0 Å². The summed E-state index contributed by atoms with van der Waals surface area (Å²) in [5.41, 5.74) is 1.48. The molecule has 0 aliphatic heterocycles. The van der Waals surface area contributed by atoms with Gasteiger partial charge in [0.15, 0.2) is 11.2 Å². The van der Waals surface area contributed by atoms with Gasteiger partial charge in [-0.25, -0.2) is 27.5 Å². The predicted molar refractivity (Wildman–Crippen MR) is 140 cm³/mol. The molecule has 0 amide bonds. The van der Waals surface area contributed by atoms with Crippen LogP contribution in [0.15, 0.2) is 99.2 Å². The van der Waals surface area contributed by atoms with Crippen molar-refractivity contribution in [1.82, 2.24) is 25.2 Å². The average Bonchev–Trinajstić information content (AvgIpc) is 3.43. The number of nitrogens with zero attached hydrogens (tertiary/aromatic N) is 5. The average molecular weight is 526 g/mol. The fourth-order valence-electron chi connectivity index (χ4n) is 3.20. The van der Waals surface area contributed by atoms with Crippen LogP contribution in [0.5, 0.6) is 5.75 Å². The lowest BCUT2D eigenvalue weighted by Crippen LogP contribution is -2.26. The third kappa shape index (κ3) is 6.67. The molecule has 0 unspecified atom stereocenters. The van der Waals surface area contributed by atoms with Crippen LogP contribution >= 0.6 is 0 Å². The number of sulfone groups is 1. The largest absolute Gasteiger partial charge is 0.485 e. The zero-order chi connectivity index (χ0) is 26.8. The fourth-order valence-corrected chi connectivity index (χ4v) is 4.55. The summed E-state index contributed by atoms with van der Waals surface area (Å²) in [5, 5.41) is 13.4. The SMILES string of the molecule is C=Nn1cnc(-c2cn[nH]c2)c(OC(C)C)/c1=N/CNC(/C=C\C(=C/C)S(=O)(=O)c1ccccc1)=C\F.